The molecular weight excluding hydrogens is 480 g/mol. The molecule has 0 bridgehead atoms. The highest BCUT2D eigenvalue weighted by atomic mass is 16.6. The van der Waals surface area contributed by atoms with Crippen LogP contribution in [0, 0.1) is 56.7 Å². The van der Waals surface area contributed by atoms with Crippen LogP contribution in [0.15, 0.2) is 0 Å². The van der Waals surface area contributed by atoms with Crippen molar-refractivity contribution in [1.29, 1.82) is 0 Å². The van der Waals surface area contributed by atoms with Crippen molar-refractivity contribution in [1.82, 2.24) is 0 Å². The smallest absolute Gasteiger partial charge is 0.309 e. The van der Waals surface area contributed by atoms with E-state index in [-0.39, 0.29) is 52.2 Å². The number of carbonyl (C=O) groups is 2. The standard InChI is InChI=1S/C32H50O6/c1-19(33)37-17-32(18-38-32)21-9-14-31(26(35)36)16-15-29(5)20(25(21)31)7-8-23-28(4)12-11-24(34)27(2,3)22(28)10-13-30(23,29)6/h20-25,34H,7-18H2,1-6H3,(H,35,36)/t20?,21-,22?,23?,24-,25?,28+,29-,30-,31+,32-/m1/s1. The molecule has 214 valence electrons. The second-order valence-electron chi connectivity index (χ2n) is 15.8. The number of epoxide rings is 1. The van der Waals surface area contributed by atoms with Gasteiger partial charge in [0.05, 0.1) is 18.1 Å². The maximum Gasteiger partial charge on any atom is 0.309 e. The minimum Gasteiger partial charge on any atom is -0.481 e. The molecule has 0 amide bonds. The summed E-state index contributed by atoms with van der Waals surface area (Å²) in [7, 11) is 0. The second-order valence-corrected chi connectivity index (χ2v) is 15.8. The molecule has 6 rings (SSSR count). The molecule has 6 nitrogen and oxygen atoms in total. The third-order valence-electron chi connectivity index (χ3n) is 14.5. The Morgan fingerprint density at radius 2 is 1.55 bits per heavy atom. The molecule has 0 aromatic heterocycles. The first kappa shape index (κ1) is 27.1. The Morgan fingerprint density at radius 1 is 0.842 bits per heavy atom. The third kappa shape index (κ3) is 3.25. The molecule has 5 aliphatic carbocycles. The topological polar surface area (TPSA) is 96.4 Å². The maximum atomic E-state index is 13.0. The van der Waals surface area contributed by atoms with Crippen LogP contribution in [-0.2, 0) is 19.1 Å². The highest BCUT2D eigenvalue weighted by Gasteiger charge is 2.74. The number of aliphatic hydroxyl groups is 1. The molecule has 6 heteroatoms. The van der Waals surface area contributed by atoms with Crippen molar-refractivity contribution < 1.29 is 29.3 Å². The molecular formula is C32H50O6. The minimum absolute atomic E-state index is 0.0599. The predicted octanol–water partition coefficient (Wildman–Crippen LogP) is 5.85. The number of carboxylic acid groups (broad SMARTS) is 1. The van der Waals surface area contributed by atoms with Crippen molar-refractivity contribution in [2.75, 3.05) is 13.2 Å². The zero-order chi connectivity index (χ0) is 27.5. The fourth-order valence-corrected chi connectivity index (χ4v) is 12.3. The Balaban J connectivity index is 1.38. The van der Waals surface area contributed by atoms with Crippen molar-refractivity contribution in [3.8, 4) is 0 Å². The van der Waals surface area contributed by atoms with Crippen molar-refractivity contribution in [2.45, 2.75) is 117 Å². The molecule has 1 aliphatic heterocycles. The summed E-state index contributed by atoms with van der Waals surface area (Å²) in [5, 5.41) is 21.7. The molecule has 6 fully saturated rings. The van der Waals surface area contributed by atoms with Gasteiger partial charge in [-0.1, -0.05) is 34.6 Å². The number of hydrogen-bond acceptors (Lipinski definition) is 5. The zero-order valence-corrected chi connectivity index (χ0v) is 24.5. The molecule has 5 saturated carbocycles. The molecule has 0 spiro atoms. The van der Waals surface area contributed by atoms with Crippen LogP contribution in [0.3, 0.4) is 0 Å². The molecule has 2 N–H and O–H groups in total. The number of aliphatic hydroxyl groups excluding tert-OH is 1. The lowest BCUT2D eigenvalue weighted by molar-refractivity contribution is -0.250. The van der Waals surface area contributed by atoms with Gasteiger partial charge in [0.1, 0.15) is 12.2 Å². The van der Waals surface area contributed by atoms with Crippen LogP contribution in [0.5, 0.6) is 0 Å². The van der Waals surface area contributed by atoms with Gasteiger partial charge in [-0.3, -0.25) is 9.59 Å². The molecule has 11 atom stereocenters. The predicted molar refractivity (Wildman–Crippen MR) is 143 cm³/mol. The van der Waals surface area contributed by atoms with E-state index in [4.69, 9.17) is 9.47 Å². The van der Waals surface area contributed by atoms with Gasteiger partial charge in [0.15, 0.2) is 0 Å². The summed E-state index contributed by atoms with van der Waals surface area (Å²) in [5.74, 6) is 0.705. The van der Waals surface area contributed by atoms with E-state index in [1.807, 2.05) is 0 Å². The van der Waals surface area contributed by atoms with Crippen LogP contribution in [0.2, 0.25) is 0 Å². The van der Waals surface area contributed by atoms with Crippen LogP contribution in [0.1, 0.15) is 106 Å². The van der Waals surface area contributed by atoms with Gasteiger partial charge in [-0.2, -0.15) is 0 Å². The lowest BCUT2D eigenvalue weighted by Gasteiger charge is -2.72. The van der Waals surface area contributed by atoms with E-state index in [1.54, 1.807) is 0 Å². The Morgan fingerprint density at radius 3 is 2.18 bits per heavy atom. The average molecular weight is 531 g/mol. The summed E-state index contributed by atoms with van der Waals surface area (Å²) in [6.07, 6.45) is 9.54. The summed E-state index contributed by atoms with van der Waals surface area (Å²) in [4.78, 5) is 24.7. The number of esters is 1. The average Bonchev–Trinajstić information content (AvgIpc) is 3.52. The summed E-state index contributed by atoms with van der Waals surface area (Å²) < 4.78 is 11.6. The summed E-state index contributed by atoms with van der Waals surface area (Å²) in [6.45, 7) is 14.4. The van der Waals surface area contributed by atoms with E-state index >= 15 is 0 Å². The van der Waals surface area contributed by atoms with E-state index < -0.39 is 17.0 Å². The van der Waals surface area contributed by atoms with Crippen LogP contribution in [-0.4, -0.2) is 47.1 Å². The molecule has 0 aromatic carbocycles. The van der Waals surface area contributed by atoms with E-state index in [1.165, 1.54) is 6.92 Å². The largest absolute Gasteiger partial charge is 0.481 e. The fraction of sp³-hybridized carbons (Fsp3) is 0.938. The van der Waals surface area contributed by atoms with E-state index in [0.717, 1.165) is 57.8 Å². The first-order valence-electron chi connectivity index (χ1n) is 15.4. The summed E-state index contributed by atoms with van der Waals surface area (Å²) >= 11 is 0. The number of fused-ring (bicyclic) bond motifs is 7. The van der Waals surface area contributed by atoms with Crippen LogP contribution in [0.25, 0.3) is 0 Å². The lowest BCUT2D eigenvalue weighted by atomic mass is 9.32. The monoisotopic (exact) mass is 530 g/mol. The Labute approximate surface area is 228 Å². The molecule has 1 saturated heterocycles. The number of hydrogen-bond donors (Lipinski definition) is 2. The lowest BCUT2D eigenvalue weighted by Crippen LogP contribution is -2.67. The highest BCUT2D eigenvalue weighted by Crippen LogP contribution is 2.78. The van der Waals surface area contributed by atoms with E-state index in [9.17, 15) is 19.8 Å². The van der Waals surface area contributed by atoms with Crippen molar-refractivity contribution >= 4 is 11.9 Å². The van der Waals surface area contributed by atoms with Crippen molar-refractivity contribution in [2.24, 2.45) is 56.7 Å². The first-order chi connectivity index (χ1) is 17.7. The second kappa shape index (κ2) is 8.21. The van der Waals surface area contributed by atoms with Crippen molar-refractivity contribution in [3.63, 3.8) is 0 Å². The quantitative estimate of drug-likeness (QED) is 0.350. The molecule has 38 heavy (non-hydrogen) atoms. The van der Waals surface area contributed by atoms with Crippen molar-refractivity contribution in [3.05, 3.63) is 0 Å². The normalized spacial score (nSPS) is 54.6. The van der Waals surface area contributed by atoms with Crippen LogP contribution >= 0.6 is 0 Å². The molecule has 6 aliphatic rings. The van der Waals surface area contributed by atoms with E-state index in [0.29, 0.717) is 30.8 Å². The van der Waals surface area contributed by atoms with Gasteiger partial charge in [0.2, 0.25) is 0 Å². The number of rotatable bonds is 4. The third-order valence-corrected chi connectivity index (χ3v) is 14.5. The van der Waals surface area contributed by atoms with Gasteiger partial charge in [0.25, 0.3) is 0 Å². The van der Waals surface area contributed by atoms with Crippen LogP contribution < -0.4 is 0 Å². The molecule has 0 radical (unpaired) electrons. The Bertz CT molecular complexity index is 1020. The van der Waals surface area contributed by atoms with Gasteiger partial charge < -0.3 is 19.7 Å². The fourth-order valence-electron chi connectivity index (χ4n) is 12.3. The number of aliphatic carboxylic acids is 1. The molecule has 0 aromatic rings. The number of carbonyl (C=O) groups excluding carboxylic acids is 1. The Hall–Kier alpha value is -1.14. The van der Waals surface area contributed by atoms with Crippen LogP contribution in [0.4, 0.5) is 0 Å². The summed E-state index contributed by atoms with van der Waals surface area (Å²) in [6, 6.07) is 0. The van der Waals surface area contributed by atoms with Gasteiger partial charge >= 0.3 is 11.9 Å². The van der Waals surface area contributed by atoms with Gasteiger partial charge in [-0.05, 0) is 115 Å². The Kier molecular flexibility index (Phi) is 5.84. The first-order valence-corrected chi connectivity index (χ1v) is 15.4. The van der Waals surface area contributed by atoms with Gasteiger partial charge in [-0.25, -0.2) is 0 Å². The number of ether oxygens (including phenoxy) is 2. The minimum atomic E-state index is -0.689. The maximum absolute atomic E-state index is 13.0. The number of carboxylic acids is 1. The SMILES string of the molecule is CC(=O)OC[C@]1([C@@H]2CC[C@]3(C(=O)O)CC[C@]4(C)C(CCC5[C@@]6(C)CC[C@@H](O)C(C)(C)C6CC[C@]54C)C23)CO1. The zero-order valence-electron chi connectivity index (χ0n) is 24.5. The van der Waals surface area contributed by atoms with Gasteiger partial charge in [0, 0.05) is 6.92 Å². The van der Waals surface area contributed by atoms with E-state index in [2.05, 4.69) is 34.6 Å². The molecule has 4 unspecified atom stereocenters. The highest BCUT2D eigenvalue weighted by molar-refractivity contribution is 5.76. The molecule has 1 heterocycles. The summed E-state index contributed by atoms with van der Waals surface area (Å²) in [5.41, 5.74) is -0.850. The van der Waals surface area contributed by atoms with Gasteiger partial charge in [-0.15, -0.1) is 0 Å².